The summed E-state index contributed by atoms with van der Waals surface area (Å²) in [6.07, 6.45) is -0.192. The zero-order valence-corrected chi connectivity index (χ0v) is 11.2. The van der Waals surface area contributed by atoms with Gasteiger partial charge in [0.15, 0.2) is 0 Å². The van der Waals surface area contributed by atoms with Crippen LogP contribution in [-0.4, -0.2) is 51.1 Å². The maximum atomic E-state index is 11.8. The molecule has 1 aliphatic heterocycles. The lowest BCUT2D eigenvalue weighted by atomic mass is 10.3. The summed E-state index contributed by atoms with van der Waals surface area (Å²) in [5.41, 5.74) is 5.44. The summed E-state index contributed by atoms with van der Waals surface area (Å²) in [5, 5.41) is 0. The van der Waals surface area contributed by atoms with Gasteiger partial charge in [0.25, 0.3) is 10.2 Å². The Bertz CT molecular complexity index is 297. The second kappa shape index (κ2) is 6.73. The molecule has 0 aliphatic carbocycles. The van der Waals surface area contributed by atoms with E-state index >= 15 is 0 Å². The first kappa shape index (κ1) is 16.1. The van der Waals surface area contributed by atoms with Crippen molar-refractivity contribution in [1.29, 1.82) is 0 Å². The fourth-order valence-electron chi connectivity index (χ4n) is 1.43. The van der Waals surface area contributed by atoms with Crippen LogP contribution < -0.4 is 10.5 Å². The van der Waals surface area contributed by atoms with Gasteiger partial charge in [-0.2, -0.15) is 17.4 Å². The van der Waals surface area contributed by atoms with Crippen LogP contribution >= 0.6 is 12.4 Å². The SMILES string of the molecule is CC(C)NS(=O)(=O)N1CCOC(CN)C1.Cl. The molecule has 1 rings (SSSR count). The third-order valence-corrected chi connectivity index (χ3v) is 3.87. The Morgan fingerprint density at radius 2 is 2.19 bits per heavy atom. The van der Waals surface area contributed by atoms with Gasteiger partial charge in [0.05, 0.1) is 12.7 Å². The van der Waals surface area contributed by atoms with Crippen molar-refractivity contribution >= 4 is 22.6 Å². The lowest BCUT2D eigenvalue weighted by Gasteiger charge is -2.31. The maximum absolute atomic E-state index is 11.8. The quantitative estimate of drug-likeness (QED) is 0.710. The van der Waals surface area contributed by atoms with Crippen molar-refractivity contribution in [2.24, 2.45) is 5.73 Å². The van der Waals surface area contributed by atoms with E-state index in [0.717, 1.165) is 0 Å². The van der Waals surface area contributed by atoms with Gasteiger partial charge in [0.2, 0.25) is 0 Å². The van der Waals surface area contributed by atoms with Crippen LogP contribution in [0.4, 0.5) is 0 Å². The smallest absolute Gasteiger partial charge is 0.279 e. The number of hydrogen-bond acceptors (Lipinski definition) is 4. The Hall–Kier alpha value is 0.0800. The van der Waals surface area contributed by atoms with E-state index in [2.05, 4.69) is 4.72 Å². The summed E-state index contributed by atoms with van der Waals surface area (Å²) in [6, 6.07) is -0.103. The molecule has 0 spiro atoms. The number of halogens is 1. The third-order valence-electron chi connectivity index (χ3n) is 2.09. The highest BCUT2D eigenvalue weighted by Crippen LogP contribution is 2.08. The van der Waals surface area contributed by atoms with Gasteiger partial charge in [-0.1, -0.05) is 0 Å². The Morgan fingerprint density at radius 1 is 1.56 bits per heavy atom. The molecule has 1 atom stereocenters. The largest absolute Gasteiger partial charge is 0.374 e. The summed E-state index contributed by atoms with van der Waals surface area (Å²) < 4.78 is 32.8. The molecule has 0 aromatic carbocycles. The second-order valence-corrected chi connectivity index (χ2v) is 5.57. The van der Waals surface area contributed by atoms with E-state index < -0.39 is 10.2 Å². The molecule has 6 nitrogen and oxygen atoms in total. The van der Waals surface area contributed by atoms with Crippen molar-refractivity contribution < 1.29 is 13.2 Å². The van der Waals surface area contributed by atoms with Crippen LogP contribution in [0.15, 0.2) is 0 Å². The van der Waals surface area contributed by atoms with Gasteiger partial charge in [-0.3, -0.25) is 0 Å². The summed E-state index contributed by atoms with van der Waals surface area (Å²) in [5.74, 6) is 0. The van der Waals surface area contributed by atoms with Crippen LogP contribution in [-0.2, 0) is 14.9 Å². The first-order valence-corrected chi connectivity index (χ1v) is 6.49. The predicted octanol–water partition coefficient (Wildman–Crippen LogP) is -0.689. The molecule has 1 heterocycles. The fraction of sp³-hybridized carbons (Fsp3) is 1.00. The molecule has 1 saturated heterocycles. The molecule has 8 heteroatoms. The molecule has 0 amide bonds. The van der Waals surface area contributed by atoms with E-state index in [1.165, 1.54) is 4.31 Å². The molecule has 1 fully saturated rings. The minimum absolute atomic E-state index is 0. The van der Waals surface area contributed by atoms with E-state index in [4.69, 9.17) is 10.5 Å². The number of hydrogen-bond donors (Lipinski definition) is 2. The molecular formula is C8H20ClN3O3S. The molecule has 98 valence electrons. The number of nitrogens with zero attached hydrogens (tertiary/aromatic N) is 1. The van der Waals surface area contributed by atoms with E-state index in [1.807, 2.05) is 0 Å². The van der Waals surface area contributed by atoms with E-state index in [9.17, 15) is 8.42 Å². The van der Waals surface area contributed by atoms with Gasteiger partial charge in [-0.05, 0) is 13.8 Å². The molecule has 0 saturated carbocycles. The average molecular weight is 274 g/mol. The van der Waals surface area contributed by atoms with Crippen LogP contribution in [0.3, 0.4) is 0 Å². The van der Waals surface area contributed by atoms with Gasteiger partial charge in [0, 0.05) is 25.7 Å². The van der Waals surface area contributed by atoms with Crippen molar-refractivity contribution in [3.8, 4) is 0 Å². The summed E-state index contributed by atoms with van der Waals surface area (Å²) in [4.78, 5) is 0. The molecule has 0 bridgehead atoms. The maximum Gasteiger partial charge on any atom is 0.279 e. The Kier molecular flexibility index (Phi) is 6.76. The average Bonchev–Trinajstić information content (AvgIpc) is 2.16. The van der Waals surface area contributed by atoms with Gasteiger partial charge >= 0.3 is 0 Å². The number of nitrogens with two attached hydrogens (primary N) is 1. The summed E-state index contributed by atoms with van der Waals surface area (Å²) >= 11 is 0. The lowest BCUT2D eigenvalue weighted by Crippen LogP contribution is -2.52. The van der Waals surface area contributed by atoms with Crippen LogP contribution in [0.1, 0.15) is 13.8 Å². The zero-order chi connectivity index (χ0) is 11.5. The highest BCUT2D eigenvalue weighted by Gasteiger charge is 2.28. The molecule has 16 heavy (non-hydrogen) atoms. The van der Waals surface area contributed by atoms with E-state index in [-0.39, 0.29) is 24.6 Å². The highest BCUT2D eigenvalue weighted by molar-refractivity contribution is 7.87. The Balaban J connectivity index is 0.00000225. The molecule has 0 aromatic heterocycles. The second-order valence-electron chi connectivity index (χ2n) is 3.86. The van der Waals surface area contributed by atoms with Crippen molar-refractivity contribution in [2.75, 3.05) is 26.2 Å². The number of morpholine rings is 1. The lowest BCUT2D eigenvalue weighted by molar-refractivity contribution is 0.00406. The Morgan fingerprint density at radius 3 is 2.69 bits per heavy atom. The van der Waals surface area contributed by atoms with Crippen LogP contribution in [0, 0.1) is 0 Å². The minimum atomic E-state index is -3.38. The number of ether oxygens (including phenoxy) is 1. The highest BCUT2D eigenvalue weighted by atomic mass is 35.5. The normalized spacial score (nSPS) is 23.1. The summed E-state index contributed by atoms with van der Waals surface area (Å²) in [7, 11) is -3.38. The van der Waals surface area contributed by atoms with Crippen LogP contribution in [0.5, 0.6) is 0 Å². The molecule has 0 aromatic rings. The standard InChI is InChI=1S/C8H19N3O3S.ClH/c1-7(2)10-15(12,13)11-3-4-14-8(5-9)6-11;/h7-8,10H,3-6,9H2,1-2H3;1H. The predicted molar refractivity (Wildman–Crippen MR) is 64.8 cm³/mol. The van der Waals surface area contributed by atoms with Crippen LogP contribution in [0.2, 0.25) is 0 Å². The summed E-state index contributed by atoms with van der Waals surface area (Å²) in [6.45, 7) is 5.04. The van der Waals surface area contributed by atoms with Crippen molar-refractivity contribution in [1.82, 2.24) is 9.03 Å². The Labute approximate surface area is 103 Å². The van der Waals surface area contributed by atoms with Gasteiger partial charge < -0.3 is 10.5 Å². The first-order valence-electron chi connectivity index (χ1n) is 5.04. The molecule has 1 aliphatic rings. The topological polar surface area (TPSA) is 84.7 Å². The third kappa shape index (κ3) is 4.52. The molecule has 0 radical (unpaired) electrons. The van der Waals surface area contributed by atoms with Gasteiger partial charge in [0.1, 0.15) is 0 Å². The first-order chi connectivity index (χ1) is 6.95. The van der Waals surface area contributed by atoms with E-state index in [0.29, 0.717) is 26.2 Å². The number of nitrogens with one attached hydrogen (secondary N) is 1. The van der Waals surface area contributed by atoms with Crippen molar-refractivity contribution in [2.45, 2.75) is 26.0 Å². The zero-order valence-electron chi connectivity index (χ0n) is 9.55. The molecule has 1 unspecified atom stereocenters. The molecule has 3 N–H and O–H groups in total. The van der Waals surface area contributed by atoms with Gasteiger partial charge in [-0.15, -0.1) is 12.4 Å². The van der Waals surface area contributed by atoms with Crippen molar-refractivity contribution in [3.05, 3.63) is 0 Å². The number of rotatable bonds is 4. The van der Waals surface area contributed by atoms with Gasteiger partial charge in [-0.25, -0.2) is 0 Å². The fourth-order valence-corrected chi connectivity index (χ4v) is 2.85. The molecular weight excluding hydrogens is 254 g/mol. The van der Waals surface area contributed by atoms with Crippen molar-refractivity contribution in [3.63, 3.8) is 0 Å². The monoisotopic (exact) mass is 273 g/mol. The van der Waals surface area contributed by atoms with E-state index in [1.54, 1.807) is 13.8 Å². The van der Waals surface area contributed by atoms with Crippen LogP contribution in [0.25, 0.3) is 0 Å². The minimum Gasteiger partial charge on any atom is -0.374 e.